The first kappa shape index (κ1) is 14.7. The Balaban J connectivity index is 2.23. The summed E-state index contributed by atoms with van der Waals surface area (Å²) in [5.41, 5.74) is 8.34. The van der Waals surface area contributed by atoms with Crippen LogP contribution in [0.3, 0.4) is 0 Å². The summed E-state index contributed by atoms with van der Waals surface area (Å²) in [4.78, 5) is 11.6. The number of nitrogens with two attached hydrogens (primary N) is 1. The average molecular weight is 248 g/mol. The standard InChI is InChI=1S/C15H24N2O/c1-3-5-14(16)11-15(18)17-9-8-13-7-4-6-12(2)10-13/h4,6-7,10,14H,3,5,8-9,11,16H2,1-2H3,(H,17,18). The molecule has 0 aromatic heterocycles. The van der Waals surface area contributed by atoms with Crippen molar-refractivity contribution in [2.75, 3.05) is 6.54 Å². The van der Waals surface area contributed by atoms with E-state index in [1.807, 2.05) is 6.07 Å². The Morgan fingerprint density at radius 1 is 1.44 bits per heavy atom. The summed E-state index contributed by atoms with van der Waals surface area (Å²) in [5.74, 6) is 0.0589. The van der Waals surface area contributed by atoms with Crippen molar-refractivity contribution in [2.45, 2.75) is 45.6 Å². The number of hydrogen-bond acceptors (Lipinski definition) is 2. The van der Waals surface area contributed by atoms with E-state index in [0.717, 1.165) is 19.3 Å². The lowest BCUT2D eigenvalue weighted by Gasteiger charge is -2.10. The molecule has 18 heavy (non-hydrogen) atoms. The molecule has 1 atom stereocenters. The number of hydrogen-bond donors (Lipinski definition) is 2. The molecule has 3 heteroatoms. The quantitative estimate of drug-likeness (QED) is 0.777. The predicted molar refractivity (Wildman–Crippen MR) is 75.4 cm³/mol. The van der Waals surface area contributed by atoms with Crippen molar-refractivity contribution >= 4 is 5.91 Å². The lowest BCUT2D eigenvalue weighted by atomic mass is 10.1. The summed E-state index contributed by atoms with van der Waals surface area (Å²) in [6.07, 6.45) is 3.24. The third-order valence-electron chi connectivity index (χ3n) is 2.93. The Kier molecular flexibility index (Phi) is 6.44. The van der Waals surface area contributed by atoms with Gasteiger partial charge in [-0.3, -0.25) is 4.79 Å². The Morgan fingerprint density at radius 3 is 2.89 bits per heavy atom. The second kappa shape index (κ2) is 7.88. The van der Waals surface area contributed by atoms with Gasteiger partial charge in [-0.15, -0.1) is 0 Å². The van der Waals surface area contributed by atoms with Gasteiger partial charge in [0.2, 0.25) is 5.91 Å². The maximum atomic E-state index is 11.6. The summed E-state index contributed by atoms with van der Waals surface area (Å²) in [6.45, 7) is 4.84. The van der Waals surface area contributed by atoms with Crippen molar-refractivity contribution in [1.29, 1.82) is 0 Å². The van der Waals surface area contributed by atoms with Gasteiger partial charge in [0, 0.05) is 19.0 Å². The molecule has 0 bridgehead atoms. The highest BCUT2D eigenvalue weighted by atomic mass is 16.1. The van der Waals surface area contributed by atoms with E-state index in [9.17, 15) is 4.79 Å². The van der Waals surface area contributed by atoms with Gasteiger partial charge in [0.1, 0.15) is 0 Å². The van der Waals surface area contributed by atoms with Crippen LogP contribution < -0.4 is 11.1 Å². The number of benzene rings is 1. The molecule has 0 saturated heterocycles. The second-order valence-corrected chi connectivity index (χ2v) is 4.84. The van der Waals surface area contributed by atoms with Crippen LogP contribution in [0, 0.1) is 6.92 Å². The minimum Gasteiger partial charge on any atom is -0.356 e. The summed E-state index contributed by atoms with van der Waals surface area (Å²) in [7, 11) is 0. The first-order valence-electron chi connectivity index (χ1n) is 6.69. The van der Waals surface area contributed by atoms with Crippen molar-refractivity contribution in [2.24, 2.45) is 5.73 Å². The third kappa shape index (κ3) is 5.82. The molecule has 1 aromatic rings. The van der Waals surface area contributed by atoms with Gasteiger partial charge in [-0.05, 0) is 25.3 Å². The summed E-state index contributed by atoms with van der Waals surface area (Å²) in [6, 6.07) is 8.35. The van der Waals surface area contributed by atoms with Crippen LogP contribution in [0.5, 0.6) is 0 Å². The molecule has 0 aliphatic carbocycles. The van der Waals surface area contributed by atoms with Crippen molar-refractivity contribution in [3.8, 4) is 0 Å². The molecule has 0 saturated carbocycles. The number of carbonyl (C=O) groups is 1. The highest BCUT2D eigenvalue weighted by molar-refractivity contribution is 5.76. The monoisotopic (exact) mass is 248 g/mol. The lowest BCUT2D eigenvalue weighted by Crippen LogP contribution is -2.32. The highest BCUT2D eigenvalue weighted by Gasteiger charge is 2.07. The van der Waals surface area contributed by atoms with Gasteiger partial charge in [0.25, 0.3) is 0 Å². The second-order valence-electron chi connectivity index (χ2n) is 4.84. The number of carbonyl (C=O) groups excluding carboxylic acids is 1. The fourth-order valence-electron chi connectivity index (χ4n) is 2.00. The predicted octanol–water partition coefficient (Wildman–Crippen LogP) is 2.17. The van der Waals surface area contributed by atoms with Crippen molar-refractivity contribution in [3.63, 3.8) is 0 Å². The number of amides is 1. The molecule has 3 nitrogen and oxygen atoms in total. The summed E-state index contributed by atoms with van der Waals surface area (Å²) in [5, 5.41) is 2.92. The zero-order valence-corrected chi connectivity index (χ0v) is 11.4. The SMILES string of the molecule is CCCC(N)CC(=O)NCCc1cccc(C)c1. The lowest BCUT2D eigenvalue weighted by molar-refractivity contribution is -0.121. The summed E-state index contributed by atoms with van der Waals surface area (Å²) < 4.78 is 0. The van der Waals surface area contributed by atoms with Gasteiger partial charge in [-0.25, -0.2) is 0 Å². The molecule has 1 unspecified atom stereocenters. The molecule has 0 aliphatic rings. The van der Waals surface area contributed by atoms with Crippen LogP contribution in [0.1, 0.15) is 37.3 Å². The van der Waals surface area contributed by atoms with Gasteiger partial charge < -0.3 is 11.1 Å². The minimum atomic E-state index is -0.00558. The largest absolute Gasteiger partial charge is 0.356 e. The molecule has 0 spiro atoms. The molecular formula is C15H24N2O. The molecule has 0 radical (unpaired) electrons. The molecular weight excluding hydrogens is 224 g/mol. The molecule has 0 aliphatic heterocycles. The normalized spacial score (nSPS) is 12.2. The van der Waals surface area contributed by atoms with E-state index in [-0.39, 0.29) is 11.9 Å². The number of rotatable bonds is 7. The van der Waals surface area contributed by atoms with E-state index in [1.165, 1.54) is 11.1 Å². The topological polar surface area (TPSA) is 55.1 Å². The van der Waals surface area contributed by atoms with Crippen LogP contribution in [-0.2, 0) is 11.2 Å². The minimum absolute atomic E-state index is 0.00558. The third-order valence-corrected chi connectivity index (χ3v) is 2.93. The zero-order valence-electron chi connectivity index (χ0n) is 11.4. The van der Waals surface area contributed by atoms with Crippen LogP contribution >= 0.6 is 0 Å². The van der Waals surface area contributed by atoms with E-state index < -0.39 is 0 Å². The van der Waals surface area contributed by atoms with Gasteiger partial charge in [0.15, 0.2) is 0 Å². The van der Waals surface area contributed by atoms with E-state index in [0.29, 0.717) is 13.0 Å². The Bertz CT molecular complexity index is 377. The van der Waals surface area contributed by atoms with Crippen molar-refractivity contribution < 1.29 is 4.79 Å². The maximum absolute atomic E-state index is 11.6. The smallest absolute Gasteiger partial charge is 0.221 e. The van der Waals surface area contributed by atoms with E-state index in [4.69, 9.17) is 5.73 Å². The number of aryl methyl sites for hydroxylation is 1. The average Bonchev–Trinajstić information content (AvgIpc) is 2.29. The summed E-state index contributed by atoms with van der Waals surface area (Å²) >= 11 is 0. The van der Waals surface area contributed by atoms with Crippen LogP contribution in [0.4, 0.5) is 0 Å². The first-order valence-corrected chi connectivity index (χ1v) is 6.69. The molecule has 3 N–H and O–H groups in total. The van der Waals surface area contributed by atoms with E-state index in [1.54, 1.807) is 0 Å². The van der Waals surface area contributed by atoms with Crippen LogP contribution in [-0.4, -0.2) is 18.5 Å². The fourth-order valence-corrected chi connectivity index (χ4v) is 2.00. The van der Waals surface area contributed by atoms with Gasteiger partial charge in [0.05, 0.1) is 0 Å². The fraction of sp³-hybridized carbons (Fsp3) is 0.533. The highest BCUT2D eigenvalue weighted by Crippen LogP contribution is 2.04. The van der Waals surface area contributed by atoms with Crippen LogP contribution in [0.15, 0.2) is 24.3 Å². The number of nitrogens with one attached hydrogen (secondary N) is 1. The van der Waals surface area contributed by atoms with Crippen molar-refractivity contribution in [1.82, 2.24) is 5.32 Å². The van der Waals surface area contributed by atoms with Crippen LogP contribution in [0.25, 0.3) is 0 Å². The van der Waals surface area contributed by atoms with E-state index in [2.05, 4.69) is 37.4 Å². The zero-order chi connectivity index (χ0) is 13.4. The van der Waals surface area contributed by atoms with Gasteiger partial charge in [-0.1, -0.05) is 43.2 Å². The van der Waals surface area contributed by atoms with E-state index >= 15 is 0 Å². The Hall–Kier alpha value is -1.35. The Labute approximate surface area is 110 Å². The van der Waals surface area contributed by atoms with Crippen molar-refractivity contribution in [3.05, 3.63) is 35.4 Å². The Morgan fingerprint density at radius 2 is 2.22 bits per heavy atom. The maximum Gasteiger partial charge on any atom is 0.221 e. The molecule has 1 amide bonds. The molecule has 0 fully saturated rings. The van der Waals surface area contributed by atoms with Gasteiger partial charge in [-0.2, -0.15) is 0 Å². The molecule has 1 rings (SSSR count). The molecule has 0 heterocycles. The van der Waals surface area contributed by atoms with Crippen LogP contribution in [0.2, 0.25) is 0 Å². The molecule has 100 valence electrons. The molecule has 1 aromatic carbocycles. The first-order chi connectivity index (χ1) is 8.61. The van der Waals surface area contributed by atoms with Gasteiger partial charge >= 0.3 is 0 Å².